The van der Waals surface area contributed by atoms with Gasteiger partial charge < -0.3 is 28.4 Å². The third kappa shape index (κ3) is 4.87. The van der Waals surface area contributed by atoms with E-state index in [1.807, 2.05) is 6.92 Å². The van der Waals surface area contributed by atoms with Crippen molar-refractivity contribution >= 4 is 5.78 Å². The largest absolute Gasteiger partial charge is 0.493 e. The van der Waals surface area contributed by atoms with Crippen LogP contribution in [0.25, 0.3) is 0 Å². The van der Waals surface area contributed by atoms with Crippen LogP contribution in [0.4, 0.5) is 0 Å². The van der Waals surface area contributed by atoms with Crippen LogP contribution in [0.2, 0.25) is 0 Å². The molecule has 0 saturated carbocycles. The quantitative estimate of drug-likeness (QED) is 0.452. The molecule has 0 atom stereocenters. The molecule has 0 fully saturated rings. The van der Waals surface area contributed by atoms with Crippen LogP contribution in [0.5, 0.6) is 34.5 Å². The molecule has 0 unspecified atom stereocenters. The molecule has 1 aliphatic rings. The summed E-state index contributed by atoms with van der Waals surface area (Å²) in [5, 5.41) is 0. The number of hydrogen-bond donors (Lipinski definition) is 0. The standard InChI is InChI=1S/C26H35NO7/c1-16-22(24(32-5)26(34-7)25(33-6)23(16)31-4)19(28)9-8-11-27-12-10-17-13-20(29-2)21(30-3)14-18(17)15-27/h13-14H,8-12,15H2,1-7H3. The summed E-state index contributed by atoms with van der Waals surface area (Å²) in [6.07, 6.45) is 2.04. The van der Waals surface area contributed by atoms with E-state index in [0.29, 0.717) is 40.5 Å². The number of rotatable bonds is 11. The number of nitrogens with zero attached hydrogens (tertiary/aromatic N) is 1. The van der Waals surface area contributed by atoms with Crippen LogP contribution in [-0.2, 0) is 13.0 Å². The molecule has 1 aliphatic heterocycles. The Bertz CT molecular complexity index is 1030. The number of methoxy groups -OCH3 is 6. The molecular formula is C26H35NO7. The third-order valence-corrected chi connectivity index (χ3v) is 6.33. The van der Waals surface area contributed by atoms with E-state index in [9.17, 15) is 4.79 Å². The number of carbonyl (C=O) groups is 1. The highest BCUT2D eigenvalue weighted by Crippen LogP contribution is 2.49. The van der Waals surface area contributed by atoms with Crippen molar-refractivity contribution in [2.75, 3.05) is 55.7 Å². The van der Waals surface area contributed by atoms with Crippen LogP contribution in [0.3, 0.4) is 0 Å². The highest BCUT2D eigenvalue weighted by Gasteiger charge is 2.29. The lowest BCUT2D eigenvalue weighted by Gasteiger charge is -2.29. The van der Waals surface area contributed by atoms with Crippen molar-refractivity contribution < 1.29 is 33.2 Å². The Kier molecular flexibility index (Phi) is 8.50. The summed E-state index contributed by atoms with van der Waals surface area (Å²) >= 11 is 0. The molecule has 186 valence electrons. The second-order valence-electron chi connectivity index (χ2n) is 8.16. The van der Waals surface area contributed by atoms with Crippen LogP contribution in [-0.4, -0.2) is 66.4 Å². The maximum Gasteiger partial charge on any atom is 0.208 e. The fourth-order valence-corrected chi connectivity index (χ4v) is 4.64. The Morgan fingerprint density at radius 2 is 1.35 bits per heavy atom. The first kappa shape index (κ1) is 25.5. The van der Waals surface area contributed by atoms with Crippen molar-refractivity contribution in [1.29, 1.82) is 0 Å². The summed E-state index contributed by atoms with van der Waals surface area (Å²) in [5.74, 6) is 3.09. The van der Waals surface area contributed by atoms with Crippen LogP contribution in [0.15, 0.2) is 12.1 Å². The van der Waals surface area contributed by atoms with E-state index >= 15 is 0 Å². The first-order valence-corrected chi connectivity index (χ1v) is 11.3. The molecule has 8 nitrogen and oxygen atoms in total. The maximum absolute atomic E-state index is 13.3. The van der Waals surface area contributed by atoms with Crippen LogP contribution in [0.1, 0.15) is 39.9 Å². The average molecular weight is 474 g/mol. The van der Waals surface area contributed by atoms with Gasteiger partial charge in [-0.25, -0.2) is 0 Å². The van der Waals surface area contributed by atoms with E-state index < -0.39 is 0 Å². The van der Waals surface area contributed by atoms with E-state index in [-0.39, 0.29) is 5.78 Å². The topological polar surface area (TPSA) is 75.7 Å². The molecule has 0 aliphatic carbocycles. The minimum absolute atomic E-state index is 0.0163. The van der Waals surface area contributed by atoms with Gasteiger partial charge >= 0.3 is 0 Å². The molecular weight excluding hydrogens is 438 g/mol. The van der Waals surface area contributed by atoms with Crippen molar-refractivity contribution in [2.24, 2.45) is 0 Å². The van der Waals surface area contributed by atoms with Gasteiger partial charge in [0, 0.05) is 25.1 Å². The molecule has 0 N–H and O–H groups in total. The van der Waals surface area contributed by atoms with Crippen molar-refractivity contribution in [3.8, 4) is 34.5 Å². The predicted octanol–water partition coefficient (Wildman–Crippen LogP) is 4.07. The van der Waals surface area contributed by atoms with Gasteiger partial charge in [-0.3, -0.25) is 9.69 Å². The van der Waals surface area contributed by atoms with Crippen LogP contribution >= 0.6 is 0 Å². The van der Waals surface area contributed by atoms with Gasteiger partial charge in [0.15, 0.2) is 28.8 Å². The van der Waals surface area contributed by atoms with E-state index in [1.54, 1.807) is 21.3 Å². The van der Waals surface area contributed by atoms with Crippen molar-refractivity contribution in [3.05, 3.63) is 34.4 Å². The van der Waals surface area contributed by atoms with Crippen molar-refractivity contribution in [3.63, 3.8) is 0 Å². The normalized spacial score (nSPS) is 13.1. The Morgan fingerprint density at radius 1 is 0.794 bits per heavy atom. The smallest absolute Gasteiger partial charge is 0.208 e. The number of ether oxygens (including phenoxy) is 6. The van der Waals surface area contributed by atoms with Crippen LogP contribution < -0.4 is 28.4 Å². The fourth-order valence-electron chi connectivity index (χ4n) is 4.64. The van der Waals surface area contributed by atoms with Gasteiger partial charge in [-0.05, 0) is 49.6 Å². The van der Waals surface area contributed by atoms with E-state index in [1.165, 1.54) is 32.5 Å². The predicted molar refractivity (Wildman–Crippen MR) is 129 cm³/mol. The zero-order chi connectivity index (χ0) is 24.8. The lowest BCUT2D eigenvalue weighted by Crippen LogP contribution is -2.31. The second-order valence-corrected chi connectivity index (χ2v) is 8.16. The Hall–Kier alpha value is -3.13. The van der Waals surface area contributed by atoms with Gasteiger partial charge in [0.05, 0.1) is 48.2 Å². The first-order chi connectivity index (χ1) is 16.4. The summed E-state index contributed by atoms with van der Waals surface area (Å²) in [7, 11) is 9.42. The fraction of sp³-hybridized carbons (Fsp3) is 0.500. The lowest BCUT2D eigenvalue weighted by molar-refractivity contribution is 0.0968. The van der Waals surface area contributed by atoms with Gasteiger partial charge in [-0.2, -0.15) is 0 Å². The summed E-state index contributed by atoms with van der Waals surface area (Å²) in [5.41, 5.74) is 3.66. The number of hydrogen-bond acceptors (Lipinski definition) is 8. The summed E-state index contributed by atoms with van der Waals surface area (Å²) in [6, 6.07) is 4.12. The summed E-state index contributed by atoms with van der Waals surface area (Å²) in [6.45, 7) is 4.39. The summed E-state index contributed by atoms with van der Waals surface area (Å²) in [4.78, 5) is 15.7. The zero-order valence-corrected chi connectivity index (χ0v) is 21.2. The van der Waals surface area contributed by atoms with E-state index in [2.05, 4.69) is 17.0 Å². The Labute approximate surface area is 201 Å². The SMILES string of the molecule is COc1cc2c(cc1OC)CN(CCCC(=O)c1c(C)c(OC)c(OC)c(OC)c1OC)CC2. The molecule has 0 aromatic heterocycles. The maximum atomic E-state index is 13.3. The van der Waals surface area contributed by atoms with Gasteiger partial charge in [0.2, 0.25) is 11.5 Å². The second kappa shape index (κ2) is 11.3. The molecule has 0 amide bonds. The molecule has 8 heteroatoms. The molecule has 3 rings (SSSR count). The zero-order valence-electron chi connectivity index (χ0n) is 21.2. The minimum atomic E-state index is -0.0163. The number of benzene rings is 2. The highest BCUT2D eigenvalue weighted by molar-refractivity contribution is 6.02. The van der Waals surface area contributed by atoms with Crippen LogP contribution in [0, 0.1) is 6.92 Å². The van der Waals surface area contributed by atoms with Crippen molar-refractivity contribution in [2.45, 2.75) is 32.7 Å². The van der Waals surface area contributed by atoms with E-state index in [0.717, 1.165) is 44.0 Å². The van der Waals surface area contributed by atoms with Crippen molar-refractivity contribution in [1.82, 2.24) is 4.90 Å². The highest BCUT2D eigenvalue weighted by atomic mass is 16.5. The number of Topliss-reactive ketones (excluding diaryl/α,β-unsaturated/α-hetero) is 1. The number of carbonyl (C=O) groups excluding carboxylic acids is 1. The molecule has 0 bridgehead atoms. The molecule has 0 radical (unpaired) electrons. The monoisotopic (exact) mass is 473 g/mol. The Morgan fingerprint density at radius 3 is 1.91 bits per heavy atom. The average Bonchev–Trinajstić information content (AvgIpc) is 2.86. The lowest BCUT2D eigenvalue weighted by atomic mass is 9.96. The molecule has 34 heavy (non-hydrogen) atoms. The summed E-state index contributed by atoms with van der Waals surface area (Å²) < 4.78 is 33.0. The van der Waals surface area contributed by atoms with Gasteiger partial charge in [0.25, 0.3) is 0 Å². The molecule has 0 saturated heterocycles. The molecule has 2 aromatic rings. The Balaban J connectivity index is 1.72. The third-order valence-electron chi connectivity index (χ3n) is 6.33. The minimum Gasteiger partial charge on any atom is -0.493 e. The first-order valence-electron chi connectivity index (χ1n) is 11.3. The molecule has 2 aromatic carbocycles. The van der Waals surface area contributed by atoms with Gasteiger partial charge in [-0.1, -0.05) is 0 Å². The molecule has 1 heterocycles. The van der Waals surface area contributed by atoms with E-state index in [4.69, 9.17) is 28.4 Å². The van der Waals surface area contributed by atoms with Gasteiger partial charge in [0.1, 0.15) is 0 Å². The molecule has 0 spiro atoms. The number of fused-ring (bicyclic) bond motifs is 1. The number of ketones is 1. The van der Waals surface area contributed by atoms with Gasteiger partial charge in [-0.15, -0.1) is 0 Å².